The molecule has 2 fully saturated rings. The fourth-order valence-corrected chi connectivity index (χ4v) is 5.11. The number of carbonyl (C=O) groups excluding carboxylic acids is 1. The van der Waals surface area contributed by atoms with Crippen molar-refractivity contribution in [3.63, 3.8) is 0 Å². The van der Waals surface area contributed by atoms with Crippen molar-refractivity contribution in [3.8, 4) is 0 Å². The first-order valence-electron chi connectivity index (χ1n) is 6.47. The lowest BCUT2D eigenvalue weighted by Crippen LogP contribution is -2.54. The van der Waals surface area contributed by atoms with E-state index >= 15 is 0 Å². The normalized spacial score (nSPS) is 35.5. The highest BCUT2D eigenvalue weighted by Gasteiger charge is 2.42. The highest BCUT2D eigenvalue weighted by atomic mass is 32.2. The molecule has 0 bridgehead atoms. The quantitative estimate of drug-likeness (QED) is 0.800. The minimum Gasteiger partial charge on any atom is -0.480 e. The van der Waals surface area contributed by atoms with Crippen molar-refractivity contribution in [1.29, 1.82) is 0 Å². The minimum absolute atomic E-state index is 0.0613. The van der Waals surface area contributed by atoms with Crippen molar-refractivity contribution in [1.82, 2.24) is 9.80 Å². The first-order valence-corrected chi connectivity index (χ1v) is 8.46. The molecular weight excluding hydrogens is 284 g/mol. The molecule has 0 spiro atoms. The average Bonchev–Trinajstić information content (AvgIpc) is 2.69. The summed E-state index contributed by atoms with van der Waals surface area (Å²) in [5.41, 5.74) is 0. The molecule has 2 amide bonds. The second-order valence-corrected chi connectivity index (χ2v) is 8.37. The van der Waals surface area contributed by atoms with E-state index in [1.807, 2.05) is 23.6 Å². The maximum Gasteiger partial charge on any atom is 0.327 e. The zero-order valence-corrected chi connectivity index (χ0v) is 13.0. The number of rotatable bonds is 1. The Balaban J connectivity index is 2.11. The molecule has 5 nitrogen and oxygen atoms in total. The number of amides is 2. The molecule has 4 atom stereocenters. The van der Waals surface area contributed by atoms with Crippen LogP contribution in [-0.4, -0.2) is 67.7 Å². The van der Waals surface area contributed by atoms with Crippen LogP contribution in [0.3, 0.4) is 0 Å². The number of aliphatic carboxylic acids is 1. The molecule has 1 N–H and O–H groups in total. The van der Waals surface area contributed by atoms with Gasteiger partial charge in [0.15, 0.2) is 0 Å². The Morgan fingerprint density at radius 1 is 1.16 bits per heavy atom. The van der Waals surface area contributed by atoms with Crippen molar-refractivity contribution in [2.24, 2.45) is 0 Å². The van der Waals surface area contributed by atoms with Gasteiger partial charge in [0.25, 0.3) is 0 Å². The van der Waals surface area contributed by atoms with Gasteiger partial charge in [0, 0.05) is 29.3 Å². The number of carboxylic acid groups (broad SMARTS) is 1. The van der Waals surface area contributed by atoms with Gasteiger partial charge in [0.2, 0.25) is 0 Å². The second-order valence-electron chi connectivity index (χ2n) is 5.14. The molecular formula is C12H20N2O3S2. The third-order valence-corrected chi connectivity index (χ3v) is 5.86. The van der Waals surface area contributed by atoms with E-state index in [9.17, 15) is 14.7 Å². The molecule has 2 aliphatic heterocycles. The van der Waals surface area contributed by atoms with E-state index in [1.54, 1.807) is 0 Å². The third-order valence-electron chi connectivity index (χ3n) is 3.42. The van der Waals surface area contributed by atoms with E-state index in [1.165, 1.54) is 16.7 Å². The zero-order valence-electron chi connectivity index (χ0n) is 11.4. The molecule has 2 heterocycles. The van der Waals surface area contributed by atoms with Gasteiger partial charge in [-0.2, -0.15) is 11.8 Å². The Morgan fingerprint density at radius 3 is 2.26 bits per heavy atom. The monoisotopic (exact) mass is 304 g/mol. The molecule has 0 saturated carbocycles. The summed E-state index contributed by atoms with van der Waals surface area (Å²) in [6, 6.07) is -0.809. The standard InChI is InChI=1S/C12H20N2O3S2/c1-7-4-13(5-8(2)19-7)12(17)14-9(3)18-6-10(14)11(15)16/h7-10H,4-6H2,1-3H3,(H,15,16). The molecule has 2 saturated heterocycles. The smallest absolute Gasteiger partial charge is 0.327 e. The van der Waals surface area contributed by atoms with Gasteiger partial charge in [0.05, 0.1) is 5.37 Å². The Kier molecular flexibility index (Phi) is 4.55. The summed E-state index contributed by atoms with van der Waals surface area (Å²) in [6.07, 6.45) is 0. The molecule has 0 aromatic heterocycles. The van der Waals surface area contributed by atoms with E-state index in [-0.39, 0.29) is 11.4 Å². The van der Waals surface area contributed by atoms with Crippen molar-refractivity contribution in [2.45, 2.75) is 42.7 Å². The number of hydrogen-bond donors (Lipinski definition) is 1. The lowest BCUT2D eigenvalue weighted by molar-refractivity contribution is -0.141. The fourth-order valence-electron chi connectivity index (χ4n) is 2.62. The van der Waals surface area contributed by atoms with Crippen LogP contribution in [0.4, 0.5) is 4.79 Å². The highest BCUT2D eigenvalue weighted by molar-refractivity contribution is 8.00. The summed E-state index contributed by atoms with van der Waals surface area (Å²) in [4.78, 5) is 27.2. The van der Waals surface area contributed by atoms with Crippen molar-refractivity contribution in [2.75, 3.05) is 18.8 Å². The van der Waals surface area contributed by atoms with E-state index in [0.29, 0.717) is 29.3 Å². The first kappa shape index (κ1) is 14.8. The number of nitrogens with zero attached hydrogens (tertiary/aromatic N) is 2. The molecule has 0 aromatic rings. The van der Waals surface area contributed by atoms with Crippen molar-refractivity contribution >= 4 is 35.5 Å². The summed E-state index contributed by atoms with van der Waals surface area (Å²) in [7, 11) is 0. The summed E-state index contributed by atoms with van der Waals surface area (Å²) in [5.74, 6) is -0.423. The maximum absolute atomic E-state index is 12.6. The number of hydrogen-bond acceptors (Lipinski definition) is 4. The largest absolute Gasteiger partial charge is 0.480 e. The van der Waals surface area contributed by atoms with Crippen LogP contribution >= 0.6 is 23.5 Å². The van der Waals surface area contributed by atoms with Gasteiger partial charge in [-0.1, -0.05) is 13.8 Å². The summed E-state index contributed by atoms with van der Waals surface area (Å²) >= 11 is 3.41. The van der Waals surface area contributed by atoms with Crippen molar-refractivity contribution in [3.05, 3.63) is 0 Å². The average molecular weight is 304 g/mol. The fraction of sp³-hybridized carbons (Fsp3) is 0.833. The molecule has 19 heavy (non-hydrogen) atoms. The molecule has 0 aromatic carbocycles. The molecule has 108 valence electrons. The molecule has 0 aliphatic carbocycles. The predicted octanol–water partition coefficient (Wildman–Crippen LogP) is 1.78. The Morgan fingerprint density at radius 2 is 1.74 bits per heavy atom. The highest BCUT2D eigenvalue weighted by Crippen LogP contribution is 2.32. The van der Waals surface area contributed by atoms with Crippen LogP contribution in [0.25, 0.3) is 0 Å². The first-order chi connectivity index (χ1) is 8.90. The van der Waals surface area contributed by atoms with Gasteiger partial charge in [-0.3, -0.25) is 4.90 Å². The van der Waals surface area contributed by atoms with Gasteiger partial charge in [0.1, 0.15) is 6.04 Å². The van der Waals surface area contributed by atoms with Crippen molar-refractivity contribution < 1.29 is 14.7 Å². The Labute approximate surface area is 122 Å². The zero-order chi connectivity index (χ0) is 14.2. The van der Waals surface area contributed by atoms with E-state index in [0.717, 1.165) is 0 Å². The number of carboxylic acids is 1. The lowest BCUT2D eigenvalue weighted by Gasteiger charge is -2.38. The predicted molar refractivity (Wildman–Crippen MR) is 78.7 cm³/mol. The van der Waals surface area contributed by atoms with E-state index < -0.39 is 12.0 Å². The van der Waals surface area contributed by atoms with Gasteiger partial charge < -0.3 is 10.0 Å². The van der Waals surface area contributed by atoms with Crippen LogP contribution in [0.15, 0.2) is 0 Å². The third kappa shape index (κ3) is 3.13. The Bertz CT molecular complexity index is 370. The summed E-state index contributed by atoms with van der Waals surface area (Å²) in [6.45, 7) is 7.52. The van der Waals surface area contributed by atoms with Crippen LogP contribution in [0.1, 0.15) is 20.8 Å². The molecule has 2 rings (SSSR count). The summed E-state index contributed by atoms with van der Waals surface area (Å²) < 4.78 is 0. The number of thioether (sulfide) groups is 2. The van der Waals surface area contributed by atoms with Crippen LogP contribution < -0.4 is 0 Å². The summed E-state index contributed by atoms with van der Waals surface area (Å²) in [5, 5.41) is 9.97. The minimum atomic E-state index is -0.905. The van der Waals surface area contributed by atoms with Crippen LogP contribution in [0.2, 0.25) is 0 Å². The topological polar surface area (TPSA) is 60.9 Å². The second kappa shape index (κ2) is 5.83. The molecule has 4 unspecified atom stereocenters. The van der Waals surface area contributed by atoms with Crippen LogP contribution in [0.5, 0.6) is 0 Å². The van der Waals surface area contributed by atoms with Gasteiger partial charge in [-0.05, 0) is 6.92 Å². The van der Waals surface area contributed by atoms with Gasteiger partial charge in [-0.25, -0.2) is 9.59 Å². The molecule has 2 aliphatic rings. The van der Waals surface area contributed by atoms with E-state index in [2.05, 4.69) is 13.8 Å². The van der Waals surface area contributed by atoms with Gasteiger partial charge in [-0.15, -0.1) is 11.8 Å². The van der Waals surface area contributed by atoms with E-state index in [4.69, 9.17) is 0 Å². The maximum atomic E-state index is 12.6. The number of carbonyl (C=O) groups is 2. The van der Waals surface area contributed by atoms with Crippen LogP contribution in [0, 0.1) is 0 Å². The van der Waals surface area contributed by atoms with Gasteiger partial charge >= 0.3 is 12.0 Å². The molecule has 7 heteroatoms. The molecule has 0 radical (unpaired) electrons. The van der Waals surface area contributed by atoms with Crippen LogP contribution in [-0.2, 0) is 4.79 Å². The number of urea groups is 1. The Hall–Kier alpha value is -0.560. The SMILES string of the molecule is CC1CN(C(=O)N2C(C)SCC2C(=O)O)CC(C)S1. The lowest BCUT2D eigenvalue weighted by atomic mass is 10.2.